The van der Waals surface area contributed by atoms with E-state index in [0.717, 1.165) is 28.0 Å². The predicted octanol–water partition coefficient (Wildman–Crippen LogP) is 7.23. The molecule has 2 unspecified atom stereocenters. The van der Waals surface area contributed by atoms with Crippen molar-refractivity contribution in [2.45, 2.75) is 59.4 Å². The molecule has 0 amide bonds. The van der Waals surface area contributed by atoms with Crippen molar-refractivity contribution in [2.24, 2.45) is 10.3 Å². The molecule has 54 heavy (non-hydrogen) atoms. The molecule has 12 heteroatoms. The number of carbonyl (C=O) groups is 2. The third-order valence-corrected chi connectivity index (χ3v) is 7.50. The van der Waals surface area contributed by atoms with Crippen molar-refractivity contribution < 1.29 is 48.4 Å². The van der Waals surface area contributed by atoms with Gasteiger partial charge in [0.1, 0.15) is 43.6 Å². The summed E-state index contributed by atoms with van der Waals surface area (Å²) in [7, 11) is 0. The lowest BCUT2D eigenvalue weighted by molar-refractivity contribution is -0.150. The number of nitrogens with zero attached hydrogens (tertiary/aromatic N) is 2. The van der Waals surface area contributed by atoms with E-state index in [1.807, 2.05) is 111 Å². The van der Waals surface area contributed by atoms with Gasteiger partial charge < -0.3 is 38.8 Å². The number of oxime groups is 2. The van der Waals surface area contributed by atoms with Crippen molar-refractivity contribution in [3.63, 3.8) is 0 Å². The highest BCUT2D eigenvalue weighted by Gasteiger charge is 2.19. The van der Waals surface area contributed by atoms with Crippen LogP contribution in [0.15, 0.2) is 120 Å². The largest absolute Gasteiger partial charge is 0.488 e. The molecule has 2 atom stereocenters. The molecule has 0 bridgehead atoms. The van der Waals surface area contributed by atoms with Crippen molar-refractivity contribution >= 4 is 23.4 Å². The first-order valence-corrected chi connectivity index (χ1v) is 17.8. The topological polar surface area (TPSA) is 155 Å². The molecular weight excluding hydrogens is 692 g/mol. The van der Waals surface area contributed by atoms with E-state index in [-0.39, 0.29) is 6.61 Å². The Morgan fingerprint density at radius 2 is 1.06 bits per heavy atom. The second-order valence-corrected chi connectivity index (χ2v) is 11.7. The van der Waals surface area contributed by atoms with Gasteiger partial charge >= 0.3 is 11.9 Å². The normalized spacial score (nSPS) is 12.4. The zero-order valence-corrected chi connectivity index (χ0v) is 31.3. The average Bonchev–Trinajstić information content (AvgIpc) is 3.19. The van der Waals surface area contributed by atoms with Crippen LogP contribution in [0.2, 0.25) is 0 Å². The molecule has 4 rings (SSSR count). The van der Waals surface area contributed by atoms with Gasteiger partial charge in [-0.25, -0.2) is 9.59 Å². The maximum atomic E-state index is 11.2. The van der Waals surface area contributed by atoms with E-state index in [0.29, 0.717) is 63.1 Å². The van der Waals surface area contributed by atoms with Crippen molar-refractivity contribution in [1.82, 2.24) is 0 Å². The molecule has 0 aromatic heterocycles. The standard InChI is InChI=1S/2C21H25NO5/c1-3-25-20(21(23)24)13-17-9-11-19(12-10-17)26-14-16(2)22-27-15-18-7-5-4-6-8-18;1-3-25-20(21(23)24)14-16-10-12-18(13-11-16)26-15-19(22-27-4-2)17-8-6-5-7-9-17/h4-12,20H,3,13-15H2,1-2H3,(H,23,24);5-13,20H,3-4,14-15H2,1-2H3,(H,23,24)/b22-16+;22-19+. The first-order chi connectivity index (χ1) is 26.2. The fourth-order valence-electron chi connectivity index (χ4n) is 4.80. The highest BCUT2D eigenvalue weighted by Crippen LogP contribution is 2.17. The minimum absolute atomic E-state index is 0.264. The van der Waals surface area contributed by atoms with Gasteiger partial charge in [0, 0.05) is 31.6 Å². The third-order valence-electron chi connectivity index (χ3n) is 7.50. The molecule has 288 valence electrons. The molecule has 2 N–H and O–H groups in total. The maximum Gasteiger partial charge on any atom is 0.333 e. The van der Waals surface area contributed by atoms with Gasteiger partial charge in [-0.05, 0) is 68.7 Å². The Bertz CT molecular complexity index is 1710. The molecule has 0 aliphatic heterocycles. The first-order valence-electron chi connectivity index (χ1n) is 17.8. The van der Waals surface area contributed by atoms with E-state index in [1.54, 1.807) is 26.0 Å². The Morgan fingerprint density at radius 1 is 0.574 bits per heavy atom. The summed E-state index contributed by atoms with van der Waals surface area (Å²) < 4.78 is 22.0. The minimum Gasteiger partial charge on any atom is -0.488 e. The molecule has 0 aliphatic rings. The monoisotopic (exact) mass is 742 g/mol. The van der Waals surface area contributed by atoms with Crippen LogP contribution in [-0.4, -0.2) is 78.8 Å². The van der Waals surface area contributed by atoms with Crippen LogP contribution >= 0.6 is 0 Å². The fraction of sp³-hybridized carbons (Fsp3) is 0.333. The number of hydrogen-bond acceptors (Lipinski definition) is 10. The lowest BCUT2D eigenvalue weighted by Crippen LogP contribution is -2.26. The molecule has 12 nitrogen and oxygen atoms in total. The summed E-state index contributed by atoms with van der Waals surface area (Å²) >= 11 is 0. The van der Waals surface area contributed by atoms with Gasteiger partial charge in [0.05, 0.1) is 5.71 Å². The lowest BCUT2D eigenvalue weighted by atomic mass is 10.1. The lowest BCUT2D eigenvalue weighted by Gasteiger charge is -2.13. The van der Waals surface area contributed by atoms with E-state index in [4.69, 9.17) is 38.8 Å². The van der Waals surface area contributed by atoms with Crippen LogP contribution in [0.25, 0.3) is 0 Å². The van der Waals surface area contributed by atoms with Gasteiger partial charge in [-0.15, -0.1) is 0 Å². The Balaban J connectivity index is 0.000000290. The summed E-state index contributed by atoms with van der Waals surface area (Å²) in [6, 6.07) is 34.1. The quantitative estimate of drug-likeness (QED) is 0.0623. The maximum absolute atomic E-state index is 11.2. The molecule has 0 spiro atoms. The van der Waals surface area contributed by atoms with Crippen LogP contribution in [-0.2, 0) is 48.2 Å². The van der Waals surface area contributed by atoms with E-state index in [1.165, 1.54) is 0 Å². The third kappa shape index (κ3) is 16.3. The summed E-state index contributed by atoms with van der Waals surface area (Å²) in [5, 5.41) is 26.5. The Hall–Kier alpha value is -5.72. The molecule has 0 radical (unpaired) electrons. The van der Waals surface area contributed by atoms with Crippen LogP contribution in [0, 0.1) is 0 Å². The van der Waals surface area contributed by atoms with E-state index >= 15 is 0 Å². The first kappa shape index (κ1) is 42.7. The van der Waals surface area contributed by atoms with Crippen LogP contribution in [0.1, 0.15) is 49.9 Å². The Kier molecular flexibility index (Phi) is 19.4. The van der Waals surface area contributed by atoms with Gasteiger partial charge in [0.15, 0.2) is 12.2 Å². The van der Waals surface area contributed by atoms with Gasteiger partial charge in [-0.2, -0.15) is 0 Å². The highest BCUT2D eigenvalue weighted by molar-refractivity contribution is 6.01. The van der Waals surface area contributed by atoms with Crippen LogP contribution in [0.5, 0.6) is 11.5 Å². The molecule has 0 heterocycles. The zero-order valence-electron chi connectivity index (χ0n) is 31.3. The highest BCUT2D eigenvalue weighted by atomic mass is 16.6. The number of ether oxygens (including phenoxy) is 4. The van der Waals surface area contributed by atoms with Crippen LogP contribution in [0.4, 0.5) is 0 Å². The van der Waals surface area contributed by atoms with Crippen LogP contribution < -0.4 is 9.47 Å². The Morgan fingerprint density at radius 3 is 1.52 bits per heavy atom. The summed E-state index contributed by atoms with van der Waals surface area (Å²) in [5.74, 6) is -0.571. The average molecular weight is 743 g/mol. The van der Waals surface area contributed by atoms with E-state index in [9.17, 15) is 9.59 Å². The molecule has 4 aromatic rings. The van der Waals surface area contributed by atoms with Crippen LogP contribution in [0.3, 0.4) is 0 Å². The zero-order chi connectivity index (χ0) is 39.0. The van der Waals surface area contributed by atoms with Crippen molar-refractivity contribution in [2.75, 3.05) is 33.0 Å². The predicted molar refractivity (Wildman–Crippen MR) is 206 cm³/mol. The van der Waals surface area contributed by atoms with Gasteiger partial charge in [0.25, 0.3) is 0 Å². The molecule has 0 fully saturated rings. The van der Waals surface area contributed by atoms with Gasteiger partial charge in [0.2, 0.25) is 0 Å². The van der Waals surface area contributed by atoms with Crippen molar-refractivity contribution in [1.29, 1.82) is 0 Å². The summed E-state index contributed by atoms with van der Waals surface area (Å²) in [6.07, 6.45) is -1.05. The summed E-state index contributed by atoms with van der Waals surface area (Å²) in [6.45, 7) is 9.46. The Labute approximate surface area is 316 Å². The molecule has 0 saturated carbocycles. The van der Waals surface area contributed by atoms with E-state index < -0.39 is 24.1 Å². The number of hydrogen-bond donors (Lipinski definition) is 2. The second-order valence-electron chi connectivity index (χ2n) is 11.7. The van der Waals surface area contributed by atoms with E-state index in [2.05, 4.69) is 10.3 Å². The minimum atomic E-state index is -0.961. The smallest absolute Gasteiger partial charge is 0.333 e. The number of carboxylic acids is 2. The van der Waals surface area contributed by atoms with Crippen molar-refractivity contribution in [3.05, 3.63) is 131 Å². The molecule has 4 aromatic carbocycles. The molecule has 0 aliphatic carbocycles. The number of benzene rings is 4. The van der Waals surface area contributed by atoms with Gasteiger partial charge in [-0.3, -0.25) is 0 Å². The summed E-state index contributed by atoms with van der Waals surface area (Å²) in [5.41, 5.74) is 5.15. The second kappa shape index (κ2) is 24.5. The van der Waals surface area contributed by atoms with Gasteiger partial charge in [-0.1, -0.05) is 95.2 Å². The molecular formula is C42H50N2O10. The summed E-state index contributed by atoms with van der Waals surface area (Å²) in [4.78, 5) is 32.8. The molecule has 0 saturated heterocycles. The SMILES string of the molecule is CCO/N=C(\COc1ccc(CC(OCC)C(=O)O)cc1)c1ccccc1.CCOC(Cc1ccc(OC/C(C)=N/OCc2ccccc2)cc1)C(=O)O. The number of aliphatic carboxylic acids is 2. The number of rotatable bonds is 22. The van der Waals surface area contributed by atoms with Crippen molar-refractivity contribution in [3.8, 4) is 11.5 Å². The fourth-order valence-corrected chi connectivity index (χ4v) is 4.80. The number of carboxylic acid groups (broad SMARTS) is 2.